The molecule has 0 radical (unpaired) electrons. The Kier molecular flexibility index (Phi) is 8.31. The van der Waals surface area contributed by atoms with Crippen LogP contribution in [-0.4, -0.2) is 60.8 Å². The molecule has 0 saturated heterocycles. The van der Waals surface area contributed by atoms with Gasteiger partial charge in [-0.1, -0.05) is 48.5 Å². The van der Waals surface area contributed by atoms with Crippen molar-refractivity contribution in [1.82, 2.24) is 0 Å². The van der Waals surface area contributed by atoms with Crippen LogP contribution in [0.3, 0.4) is 0 Å². The van der Waals surface area contributed by atoms with Crippen LogP contribution in [0.5, 0.6) is 11.5 Å². The summed E-state index contributed by atoms with van der Waals surface area (Å²) in [6.45, 7) is -0.902. The Bertz CT molecular complexity index is 1110. The molecule has 3 rings (SSSR count). The van der Waals surface area contributed by atoms with Crippen LogP contribution >= 0.6 is 0 Å². The number of carbonyl (C=O) groups is 2. The molecule has 0 aliphatic carbocycles. The predicted molar refractivity (Wildman–Crippen MR) is 124 cm³/mol. The van der Waals surface area contributed by atoms with Crippen molar-refractivity contribution in [3.63, 3.8) is 0 Å². The number of carbonyl (C=O) groups excluding carboxylic acids is 2. The van der Waals surface area contributed by atoms with Crippen molar-refractivity contribution in [3.05, 3.63) is 48.5 Å². The van der Waals surface area contributed by atoms with E-state index in [1.54, 1.807) is 11.8 Å². The minimum Gasteiger partial charge on any atom is -0.489 e. The Morgan fingerprint density at radius 2 is 1.00 bits per heavy atom. The van der Waals surface area contributed by atoms with Gasteiger partial charge in [-0.05, 0) is 0 Å². The van der Waals surface area contributed by atoms with E-state index in [2.05, 4.69) is 0 Å². The van der Waals surface area contributed by atoms with E-state index in [0.29, 0.717) is 33.0 Å². The smallest absolute Gasteiger partial charge is 0.384 e. The summed E-state index contributed by atoms with van der Waals surface area (Å²) < 4.78 is 21.4. The fourth-order valence-corrected chi connectivity index (χ4v) is 3.24. The Morgan fingerprint density at radius 3 is 1.29 bits per heavy atom. The fourth-order valence-electron chi connectivity index (χ4n) is 3.24. The molecule has 8 heteroatoms. The first kappa shape index (κ1) is 24.4. The second-order valence-electron chi connectivity index (χ2n) is 7.16. The van der Waals surface area contributed by atoms with E-state index in [1.807, 2.05) is 48.5 Å². The minimum absolute atomic E-state index is 0.148. The van der Waals surface area contributed by atoms with E-state index in [4.69, 9.17) is 31.8 Å². The number of terminal acetylenes is 2. The minimum atomic E-state index is -1.09. The molecule has 0 fully saturated rings. The van der Waals surface area contributed by atoms with Crippen molar-refractivity contribution >= 4 is 33.5 Å². The lowest BCUT2D eigenvalue weighted by Gasteiger charge is -2.20. The molecule has 0 amide bonds. The average molecular weight is 462 g/mol. The first-order valence-corrected chi connectivity index (χ1v) is 10.3. The summed E-state index contributed by atoms with van der Waals surface area (Å²) in [6.07, 6.45) is 7.71. The number of benzene rings is 3. The number of aliphatic hydroxyl groups excluding tert-OH is 2. The number of ether oxygens (including phenoxy) is 4. The third-order valence-electron chi connectivity index (χ3n) is 4.72. The van der Waals surface area contributed by atoms with Gasteiger partial charge in [-0.25, -0.2) is 9.59 Å². The summed E-state index contributed by atoms with van der Waals surface area (Å²) in [6, 6.07) is 14.6. The highest BCUT2D eigenvalue weighted by molar-refractivity contribution is 6.11. The summed E-state index contributed by atoms with van der Waals surface area (Å²) in [7, 11) is 0. The van der Waals surface area contributed by atoms with Crippen LogP contribution in [-0.2, 0) is 19.1 Å². The maximum Gasteiger partial charge on any atom is 0.384 e. The molecule has 3 aromatic rings. The summed E-state index contributed by atoms with van der Waals surface area (Å²) >= 11 is 0. The molecule has 0 heterocycles. The van der Waals surface area contributed by atoms with Gasteiger partial charge in [-0.3, -0.25) is 0 Å². The van der Waals surface area contributed by atoms with Crippen molar-refractivity contribution in [2.45, 2.75) is 12.2 Å². The van der Waals surface area contributed by atoms with Gasteiger partial charge in [-0.15, -0.1) is 12.8 Å². The highest BCUT2D eigenvalue weighted by Crippen LogP contribution is 2.42. The molecule has 0 bridgehead atoms. The maximum atomic E-state index is 11.1. The van der Waals surface area contributed by atoms with Crippen LogP contribution in [0.25, 0.3) is 21.5 Å². The molecule has 3 aromatic carbocycles. The van der Waals surface area contributed by atoms with E-state index in [-0.39, 0.29) is 26.4 Å². The van der Waals surface area contributed by atoms with Gasteiger partial charge < -0.3 is 29.2 Å². The second-order valence-corrected chi connectivity index (χ2v) is 7.16. The zero-order valence-corrected chi connectivity index (χ0v) is 18.1. The Balaban J connectivity index is 1.87. The molecule has 0 aromatic heterocycles. The monoisotopic (exact) mass is 462 g/mol. The van der Waals surface area contributed by atoms with E-state index in [0.717, 1.165) is 0 Å². The van der Waals surface area contributed by atoms with Crippen LogP contribution in [0.1, 0.15) is 0 Å². The SMILES string of the molecule is C#CC(=O)OCC(O)COc1c2ccccc2c(OCC(O)COC(=O)C#C)c2ccccc12. The lowest BCUT2D eigenvalue weighted by Crippen LogP contribution is -2.25. The number of esters is 2. The number of hydrogen-bond acceptors (Lipinski definition) is 8. The normalized spacial score (nSPS) is 12.2. The first-order chi connectivity index (χ1) is 16.4. The molecule has 0 aliphatic rings. The Hall–Kier alpha value is -4.24. The predicted octanol–water partition coefficient (Wildman–Crippen LogP) is 1.83. The molecule has 0 aliphatic heterocycles. The summed E-state index contributed by atoms with van der Waals surface area (Å²) in [5.74, 6) is 2.89. The van der Waals surface area contributed by atoms with Crippen LogP contribution in [0, 0.1) is 24.7 Å². The zero-order chi connectivity index (χ0) is 24.5. The average Bonchev–Trinajstić information content (AvgIpc) is 2.87. The maximum absolute atomic E-state index is 11.1. The highest BCUT2D eigenvalue weighted by Gasteiger charge is 2.18. The van der Waals surface area contributed by atoms with Crippen molar-refractivity contribution in [3.8, 4) is 36.2 Å². The van der Waals surface area contributed by atoms with Crippen molar-refractivity contribution in [1.29, 1.82) is 0 Å². The van der Waals surface area contributed by atoms with Gasteiger partial charge in [0.1, 0.15) is 50.1 Å². The number of fused-ring (bicyclic) bond motifs is 2. The third-order valence-corrected chi connectivity index (χ3v) is 4.72. The van der Waals surface area contributed by atoms with Gasteiger partial charge in [0.05, 0.1) is 0 Å². The zero-order valence-electron chi connectivity index (χ0n) is 18.1. The van der Waals surface area contributed by atoms with Crippen molar-refractivity contribution in [2.75, 3.05) is 26.4 Å². The largest absolute Gasteiger partial charge is 0.489 e. The van der Waals surface area contributed by atoms with Gasteiger partial charge in [0.2, 0.25) is 0 Å². The molecule has 2 N–H and O–H groups in total. The molecular weight excluding hydrogens is 440 g/mol. The van der Waals surface area contributed by atoms with Gasteiger partial charge in [0, 0.05) is 33.4 Å². The van der Waals surface area contributed by atoms with E-state index in [1.165, 1.54) is 0 Å². The molecule has 0 saturated carbocycles. The van der Waals surface area contributed by atoms with Crippen molar-refractivity contribution < 1.29 is 38.7 Å². The summed E-state index contributed by atoms with van der Waals surface area (Å²) in [5, 5.41) is 23.1. The second kappa shape index (κ2) is 11.6. The van der Waals surface area contributed by atoms with Gasteiger partial charge in [0.25, 0.3) is 0 Å². The molecular formula is C26H22O8. The summed E-state index contributed by atoms with van der Waals surface area (Å²) in [4.78, 5) is 22.2. The van der Waals surface area contributed by atoms with Crippen LogP contribution in [0.2, 0.25) is 0 Å². The van der Waals surface area contributed by atoms with E-state index < -0.39 is 24.1 Å². The molecule has 2 atom stereocenters. The molecule has 174 valence electrons. The van der Waals surface area contributed by atoms with E-state index >= 15 is 0 Å². The summed E-state index contributed by atoms with van der Waals surface area (Å²) in [5.41, 5.74) is 0. The van der Waals surface area contributed by atoms with Crippen molar-refractivity contribution in [2.24, 2.45) is 0 Å². The Labute approximate surface area is 196 Å². The van der Waals surface area contributed by atoms with Gasteiger partial charge in [-0.2, -0.15) is 0 Å². The van der Waals surface area contributed by atoms with E-state index in [9.17, 15) is 19.8 Å². The highest BCUT2D eigenvalue weighted by atomic mass is 16.6. The van der Waals surface area contributed by atoms with Gasteiger partial charge >= 0.3 is 11.9 Å². The molecule has 34 heavy (non-hydrogen) atoms. The van der Waals surface area contributed by atoms with Crippen LogP contribution < -0.4 is 9.47 Å². The van der Waals surface area contributed by atoms with Crippen LogP contribution in [0.15, 0.2) is 48.5 Å². The topological polar surface area (TPSA) is 112 Å². The fraction of sp³-hybridized carbons (Fsp3) is 0.231. The third kappa shape index (κ3) is 5.96. The molecule has 8 nitrogen and oxygen atoms in total. The number of rotatable bonds is 10. The number of aliphatic hydroxyl groups is 2. The lowest BCUT2D eigenvalue weighted by atomic mass is 10.0. The van der Waals surface area contributed by atoms with Gasteiger partial charge in [0.15, 0.2) is 0 Å². The first-order valence-electron chi connectivity index (χ1n) is 10.3. The molecule has 2 unspecified atom stereocenters. The molecule has 0 spiro atoms. The lowest BCUT2D eigenvalue weighted by molar-refractivity contribution is -0.140. The quantitative estimate of drug-likeness (QED) is 0.203. The Morgan fingerprint density at radius 1 is 0.676 bits per heavy atom. The van der Waals surface area contributed by atoms with Crippen LogP contribution in [0.4, 0.5) is 0 Å². The number of hydrogen-bond donors (Lipinski definition) is 2. The standard InChI is InChI=1S/C26H22O8/c1-3-23(29)31-13-17(27)15-33-25-19-9-5-7-11-21(19)26(22-12-8-6-10-20(22)25)34-16-18(28)14-32-24(30)4-2/h1-2,5-12,17-18,27-28H,13-16H2.